The summed E-state index contributed by atoms with van der Waals surface area (Å²) in [6.07, 6.45) is 0.601. The minimum atomic E-state index is -0.713. The molecule has 0 saturated heterocycles. The third kappa shape index (κ3) is 4.57. The van der Waals surface area contributed by atoms with Crippen molar-refractivity contribution in [3.63, 3.8) is 0 Å². The van der Waals surface area contributed by atoms with Crippen molar-refractivity contribution in [3.8, 4) is 17.2 Å². The van der Waals surface area contributed by atoms with Crippen LogP contribution < -0.4 is 14.2 Å². The smallest absolute Gasteiger partial charge is 0.342 e. The van der Waals surface area contributed by atoms with Crippen molar-refractivity contribution in [2.24, 2.45) is 5.10 Å². The summed E-state index contributed by atoms with van der Waals surface area (Å²) < 4.78 is 21.2. The molecule has 1 unspecified atom stereocenters. The molecule has 1 amide bonds. The molecule has 0 radical (unpaired) electrons. The zero-order valence-corrected chi connectivity index (χ0v) is 19.9. The van der Waals surface area contributed by atoms with E-state index in [4.69, 9.17) is 18.9 Å². The van der Waals surface area contributed by atoms with E-state index in [0.29, 0.717) is 12.2 Å². The van der Waals surface area contributed by atoms with Gasteiger partial charge < -0.3 is 18.9 Å². The third-order valence-corrected chi connectivity index (χ3v) is 6.99. The maximum atomic E-state index is 13.1. The van der Waals surface area contributed by atoms with Gasteiger partial charge in [-0.15, -0.1) is 22.7 Å². The highest BCUT2D eigenvalue weighted by Crippen LogP contribution is 2.40. The molecule has 172 valence electrons. The third-order valence-electron chi connectivity index (χ3n) is 5.09. The number of methoxy groups -OCH3 is 3. The van der Waals surface area contributed by atoms with Gasteiger partial charge in [0.15, 0.2) is 18.1 Å². The Hall–Kier alpha value is -3.37. The molecule has 0 spiro atoms. The molecule has 0 aliphatic carbocycles. The Morgan fingerprint density at radius 1 is 1.00 bits per heavy atom. The zero-order valence-electron chi connectivity index (χ0n) is 18.3. The molecular formula is C23H22N2O6S2. The second-order valence-electron chi connectivity index (χ2n) is 6.96. The van der Waals surface area contributed by atoms with Crippen LogP contribution in [-0.2, 0) is 9.53 Å². The van der Waals surface area contributed by atoms with Crippen molar-refractivity contribution < 1.29 is 28.5 Å². The molecule has 1 aliphatic rings. The molecule has 0 fully saturated rings. The number of rotatable bonds is 8. The topological polar surface area (TPSA) is 86.7 Å². The number of esters is 1. The Labute approximate surface area is 199 Å². The second kappa shape index (κ2) is 10.1. The predicted molar refractivity (Wildman–Crippen MR) is 126 cm³/mol. The first kappa shape index (κ1) is 22.8. The standard InChI is InChI=1S/C23H22N2O6S2/c1-28-17-9-8-14(21(29-2)22(17)30-3)23(27)31-13-20(26)25-16(19-7-5-11-33-19)12-15(24-25)18-6-4-10-32-18/h4-11,16H,12-13H2,1-3H3. The monoisotopic (exact) mass is 486 g/mol. The molecule has 3 heterocycles. The summed E-state index contributed by atoms with van der Waals surface area (Å²) in [6.45, 7) is -0.459. The van der Waals surface area contributed by atoms with Gasteiger partial charge in [-0.1, -0.05) is 12.1 Å². The quantitative estimate of drug-likeness (QED) is 0.440. The fourth-order valence-corrected chi connectivity index (χ4v) is 5.10. The van der Waals surface area contributed by atoms with Crippen LogP contribution in [0.2, 0.25) is 0 Å². The van der Waals surface area contributed by atoms with E-state index in [1.807, 2.05) is 35.0 Å². The van der Waals surface area contributed by atoms with E-state index in [1.54, 1.807) is 28.7 Å². The van der Waals surface area contributed by atoms with E-state index >= 15 is 0 Å². The lowest BCUT2D eigenvalue weighted by atomic mass is 10.1. The Bertz CT molecular complexity index is 1160. The summed E-state index contributed by atoms with van der Waals surface area (Å²) >= 11 is 3.13. The largest absolute Gasteiger partial charge is 0.493 e. The summed E-state index contributed by atoms with van der Waals surface area (Å²) in [5.41, 5.74) is 0.964. The molecule has 3 aromatic rings. The van der Waals surface area contributed by atoms with Gasteiger partial charge in [-0.05, 0) is 35.0 Å². The molecule has 2 aromatic heterocycles. The van der Waals surface area contributed by atoms with Gasteiger partial charge in [0.1, 0.15) is 5.56 Å². The Kier molecular flexibility index (Phi) is 6.95. The van der Waals surface area contributed by atoms with Gasteiger partial charge in [-0.25, -0.2) is 9.80 Å². The van der Waals surface area contributed by atoms with Crippen molar-refractivity contribution in [1.29, 1.82) is 0 Å². The number of amides is 1. The van der Waals surface area contributed by atoms with E-state index < -0.39 is 18.5 Å². The number of carbonyl (C=O) groups is 2. The van der Waals surface area contributed by atoms with Crippen molar-refractivity contribution in [2.45, 2.75) is 12.5 Å². The normalized spacial score (nSPS) is 15.2. The number of hydrazone groups is 1. The SMILES string of the molecule is COc1ccc(C(=O)OCC(=O)N2N=C(c3cccs3)CC2c2cccs2)c(OC)c1OC. The molecular weight excluding hydrogens is 464 g/mol. The highest BCUT2D eigenvalue weighted by molar-refractivity contribution is 7.12. The van der Waals surface area contributed by atoms with Gasteiger partial charge >= 0.3 is 5.97 Å². The summed E-state index contributed by atoms with van der Waals surface area (Å²) in [6, 6.07) is 10.7. The van der Waals surface area contributed by atoms with E-state index in [-0.39, 0.29) is 23.1 Å². The van der Waals surface area contributed by atoms with Crippen LogP contribution >= 0.6 is 22.7 Å². The Morgan fingerprint density at radius 3 is 2.39 bits per heavy atom. The predicted octanol–water partition coefficient (Wildman–Crippen LogP) is 4.37. The van der Waals surface area contributed by atoms with Crippen LogP contribution in [0.4, 0.5) is 0 Å². The second-order valence-corrected chi connectivity index (χ2v) is 8.88. The molecule has 1 aromatic carbocycles. The van der Waals surface area contributed by atoms with Crippen LogP contribution in [0.3, 0.4) is 0 Å². The van der Waals surface area contributed by atoms with Crippen LogP contribution in [0, 0.1) is 0 Å². The number of benzene rings is 1. The number of ether oxygens (including phenoxy) is 4. The summed E-state index contributed by atoms with van der Waals surface area (Å²) in [5, 5.41) is 9.92. The van der Waals surface area contributed by atoms with Gasteiger partial charge in [0, 0.05) is 11.3 Å². The lowest BCUT2D eigenvalue weighted by Crippen LogP contribution is -2.31. The van der Waals surface area contributed by atoms with E-state index in [1.165, 1.54) is 32.4 Å². The number of thiophene rings is 2. The average molecular weight is 487 g/mol. The molecule has 0 bridgehead atoms. The van der Waals surface area contributed by atoms with Gasteiger partial charge in [0.2, 0.25) is 5.75 Å². The first-order valence-corrected chi connectivity index (χ1v) is 11.8. The molecule has 0 saturated carbocycles. The average Bonchev–Trinajstić information content (AvgIpc) is 3.61. The first-order valence-electron chi connectivity index (χ1n) is 10.00. The van der Waals surface area contributed by atoms with Crippen molar-refractivity contribution >= 4 is 40.3 Å². The molecule has 4 rings (SSSR count). The van der Waals surface area contributed by atoms with E-state index in [9.17, 15) is 9.59 Å². The van der Waals surface area contributed by atoms with Gasteiger partial charge in [-0.2, -0.15) is 5.10 Å². The fourth-order valence-electron chi connectivity index (χ4n) is 3.57. The maximum Gasteiger partial charge on any atom is 0.342 e. The molecule has 8 nitrogen and oxygen atoms in total. The van der Waals surface area contributed by atoms with Crippen LogP contribution in [-0.4, -0.2) is 50.5 Å². The molecule has 1 aliphatic heterocycles. The highest BCUT2D eigenvalue weighted by atomic mass is 32.1. The number of carbonyl (C=O) groups excluding carboxylic acids is 2. The minimum Gasteiger partial charge on any atom is -0.493 e. The van der Waals surface area contributed by atoms with Gasteiger partial charge in [-0.3, -0.25) is 4.79 Å². The molecule has 33 heavy (non-hydrogen) atoms. The lowest BCUT2D eigenvalue weighted by Gasteiger charge is -2.20. The molecule has 0 N–H and O–H groups in total. The molecule has 10 heteroatoms. The van der Waals surface area contributed by atoms with Crippen LogP contribution in [0.25, 0.3) is 0 Å². The summed E-state index contributed by atoms with van der Waals surface area (Å²) in [7, 11) is 4.34. The van der Waals surface area contributed by atoms with Gasteiger partial charge in [0.25, 0.3) is 5.91 Å². The Balaban J connectivity index is 1.52. The van der Waals surface area contributed by atoms with Crippen molar-refractivity contribution in [1.82, 2.24) is 5.01 Å². The van der Waals surface area contributed by atoms with Crippen LogP contribution in [0.5, 0.6) is 17.2 Å². The Morgan fingerprint density at radius 2 is 1.76 bits per heavy atom. The van der Waals surface area contributed by atoms with Gasteiger partial charge in [0.05, 0.1) is 38.0 Å². The highest BCUT2D eigenvalue weighted by Gasteiger charge is 2.34. The van der Waals surface area contributed by atoms with Crippen LogP contribution in [0.15, 0.2) is 52.3 Å². The van der Waals surface area contributed by atoms with Crippen molar-refractivity contribution in [3.05, 3.63) is 62.5 Å². The number of hydrogen-bond donors (Lipinski definition) is 0. The number of hydrogen-bond acceptors (Lipinski definition) is 9. The summed E-state index contributed by atoms with van der Waals surface area (Å²) in [4.78, 5) is 27.9. The van der Waals surface area contributed by atoms with Crippen molar-refractivity contribution in [2.75, 3.05) is 27.9 Å². The number of nitrogens with zero attached hydrogens (tertiary/aromatic N) is 2. The lowest BCUT2D eigenvalue weighted by molar-refractivity contribution is -0.136. The van der Waals surface area contributed by atoms with E-state index in [2.05, 4.69) is 5.10 Å². The minimum absolute atomic E-state index is 0.127. The first-order chi connectivity index (χ1) is 16.1. The zero-order chi connectivity index (χ0) is 23.4. The molecule has 1 atom stereocenters. The maximum absolute atomic E-state index is 13.1. The fraction of sp³-hybridized carbons (Fsp3) is 0.261. The van der Waals surface area contributed by atoms with Crippen LogP contribution in [0.1, 0.15) is 32.6 Å². The van der Waals surface area contributed by atoms with E-state index in [0.717, 1.165) is 15.5 Å². The summed E-state index contributed by atoms with van der Waals surface area (Å²) in [5.74, 6) is -0.273.